The topological polar surface area (TPSA) is 34.0 Å². The lowest BCUT2D eigenvalue weighted by atomic mass is 10.2. The van der Waals surface area contributed by atoms with Crippen molar-refractivity contribution >= 4 is 23.5 Å². The van der Waals surface area contributed by atoms with E-state index in [0.717, 1.165) is 10.6 Å². The third kappa shape index (κ3) is 3.35. The first-order valence-corrected chi connectivity index (χ1v) is 7.37. The lowest BCUT2D eigenvalue weighted by molar-refractivity contribution is 0.102. The zero-order valence-corrected chi connectivity index (χ0v) is 12.1. The molecule has 2 aromatic carbocycles. The van der Waals surface area contributed by atoms with Crippen molar-refractivity contribution in [2.45, 2.75) is 4.90 Å². The minimum Gasteiger partial charge on any atom is -0.322 e. The molecule has 21 heavy (non-hydrogen) atoms. The van der Waals surface area contributed by atoms with Gasteiger partial charge in [-0.15, -0.1) is 0 Å². The van der Waals surface area contributed by atoms with Gasteiger partial charge >= 0.3 is 0 Å². The highest BCUT2D eigenvalue weighted by molar-refractivity contribution is 7.97. The summed E-state index contributed by atoms with van der Waals surface area (Å²) in [6.45, 7) is 0. The van der Waals surface area contributed by atoms with Crippen LogP contribution in [0.25, 0.3) is 0 Å². The molecule has 0 bridgehead atoms. The maximum Gasteiger partial charge on any atom is 0.256 e. The number of anilines is 1. The van der Waals surface area contributed by atoms with Gasteiger partial charge in [0.15, 0.2) is 0 Å². The summed E-state index contributed by atoms with van der Waals surface area (Å²) >= 11 is 1.52. The second kappa shape index (κ2) is 6.33. The van der Waals surface area contributed by atoms with Crippen LogP contribution in [0, 0.1) is 0 Å². The van der Waals surface area contributed by atoms with Crippen LogP contribution in [0.2, 0.25) is 0 Å². The molecule has 3 aromatic rings. The van der Waals surface area contributed by atoms with Crippen LogP contribution in [-0.2, 0) is 0 Å². The third-order valence-corrected chi connectivity index (χ3v) is 3.95. The fourth-order valence-corrected chi connectivity index (χ4v) is 2.83. The average molecular weight is 294 g/mol. The quantitative estimate of drug-likeness (QED) is 0.778. The van der Waals surface area contributed by atoms with Crippen LogP contribution in [0.15, 0.2) is 84.0 Å². The molecular formula is C17H14N2OS. The highest BCUT2D eigenvalue weighted by Gasteiger charge is 2.12. The highest BCUT2D eigenvalue weighted by atomic mass is 32.2. The third-order valence-electron chi connectivity index (χ3n) is 2.94. The first kappa shape index (κ1) is 13.5. The van der Waals surface area contributed by atoms with Crippen molar-refractivity contribution in [3.8, 4) is 0 Å². The van der Waals surface area contributed by atoms with Gasteiger partial charge in [0.25, 0.3) is 5.91 Å². The van der Waals surface area contributed by atoms with Crippen molar-refractivity contribution in [1.29, 1.82) is 0 Å². The summed E-state index contributed by atoms with van der Waals surface area (Å²) in [6, 6.07) is 21.0. The number of aromatic nitrogens is 1. The Balaban J connectivity index is 1.83. The van der Waals surface area contributed by atoms with Crippen LogP contribution in [0.1, 0.15) is 10.4 Å². The Bertz CT molecular complexity index is 724. The van der Waals surface area contributed by atoms with E-state index in [1.54, 1.807) is 0 Å². The van der Waals surface area contributed by atoms with Crippen molar-refractivity contribution in [3.05, 3.63) is 84.7 Å². The second-order valence-electron chi connectivity index (χ2n) is 4.45. The van der Waals surface area contributed by atoms with Crippen molar-refractivity contribution in [1.82, 2.24) is 3.97 Å². The van der Waals surface area contributed by atoms with Gasteiger partial charge in [-0.25, -0.2) is 0 Å². The van der Waals surface area contributed by atoms with Crippen LogP contribution < -0.4 is 5.32 Å². The fourth-order valence-electron chi connectivity index (χ4n) is 1.95. The molecule has 1 N–H and O–H groups in total. The number of para-hydroxylation sites is 1. The molecular weight excluding hydrogens is 280 g/mol. The normalized spacial score (nSPS) is 10.3. The molecule has 0 saturated heterocycles. The molecule has 0 aliphatic heterocycles. The Labute approximate surface area is 127 Å². The molecule has 0 unspecified atom stereocenters. The van der Waals surface area contributed by atoms with Gasteiger partial charge in [-0.2, -0.15) is 0 Å². The summed E-state index contributed by atoms with van der Waals surface area (Å²) in [5.74, 6) is -0.101. The number of carbonyl (C=O) groups excluding carboxylic acids is 1. The first-order chi connectivity index (χ1) is 10.3. The van der Waals surface area contributed by atoms with Gasteiger partial charge in [0.1, 0.15) is 0 Å². The highest BCUT2D eigenvalue weighted by Crippen LogP contribution is 2.25. The molecule has 3 rings (SSSR count). The lowest BCUT2D eigenvalue weighted by Crippen LogP contribution is -2.13. The summed E-state index contributed by atoms with van der Waals surface area (Å²) in [6.07, 6.45) is 3.91. The number of amides is 1. The van der Waals surface area contributed by atoms with E-state index < -0.39 is 0 Å². The summed E-state index contributed by atoms with van der Waals surface area (Å²) in [5.41, 5.74) is 1.46. The van der Waals surface area contributed by atoms with Crippen molar-refractivity contribution in [3.63, 3.8) is 0 Å². The number of rotatable bonds is 4. The zero-order chi connectivity index (χ0) is 14.5. The number of hydrogen-bond donors (Lipinski definition) is 1. The number of carbonyl (C=O) groups is 1. The Morgan fingerprint density at radius 2 is 1.52 bits per heavy atom. The monoisotopic (exact) mass is 294 g/mol. The van der Waals surface area contributed by atoms with Gasteiger partial charge in [0.05, 0.1) is 5.56 Å². The van der Waals surface area contributed by atoms with E-state index >= 15 is 0 Å². The smallest absolute Gasteiger partial charge is 0.256 e. The Hall–Kier alpha value is -2.46. The van der Waals surface area contributed by atoms with Gasteiger partial charge in [0.2, 0.25) is 0 Å². The molecule has 0 atom stereocenters. The van der Waals surface area contributed by atoms with E-state index in [9.17, 15) is 4.79 Å². The Morgan fingerprint density at radius 1 is 0.857 bits per heavy atom. The number of nitrogens with zero attached hydrogens (tertiary/aromatic N) is 1. The van der Waals surface area contributed by atoms with E-state index in [1.165, 1.54) is 11.9 Å². The maximum absolute atomic E-state index is 12.4. The number of benzene rings is 2. The molecule has 4 heteroatoms. The van der Waals surface area contributed by atoms with E-state index in [2.05, 4.69) is 5.32 Å². The van der Waals surface area contributed by atoms with E-state index in [4.69, 9.17) is 0 Å². The van der Waals surface area contributed by atoms with Crippen molar-refractivity contribution < 1.29 is 4.79 Å². The van der Waals surface area contributed by atoms with E-state index in [1.807, 2.05) is 83.1 Å². The molecule has 0 radical (unpaired) electrons. The average Bonchev–Trinajstić information content (AvgIpc) is 3.02. The van der Waals surface area contributed by atoms with Crippen LogP contribution in [0.4, 0.5) is 5.69 Å². The van der Waals surface area contributed by atoms with Crippen LogP contribution in [0.5, 0.6) is 0 Å². The zero-order valence-electron chi connectivity index (χ0n) is 11.3. The summed E-state index contributed by atoms with van der Waals surface area (Å²) in [4.78, 5) is 13.3. The first-order valence-electron chi connectivity index (χ1n) is 6.60. The SMILES string of the molecule is O=C(Nc1ccccc1)c1ccccc1Sn1cccc1. The molecule has 0 saturated carbocycles. The predicted molar refractivity (Wildman–Crippen MR) is 86.5 cm³/mol. The van der Waals surface area contributed by atoms with Crippen LogP contribution in [-0.4, -0.2) is 9.88 Å². The largest absolute Gasteiger partial charge is 0.322 e. The van der Waals surface area contributed by atoms with Crippen molar-refractivity contribution in [2.75, 3.05) is 5.32 Å². The standard InChI is InChI=1S/C17H14N2OS/c20-17(18-14-8-2-1-3-9-14)15-10-4-5-11-16(15)21-19-12-6-7-13-19/h1-13H,(H,18,20). The van der Waals surface area contributed by atoms with Gasteiger partial charge in [-0.1, -0.05) is 30.3 Å². The Kier molecular flexibility index (Phi) is 4.07. The molecule has 0 aliphatic rings. The van der Waals surface area contributed by atoms with E-state index in [0.29, 0.717) is 5.56 Å². The van der Waals surface area contributed by atoms with Gasteiger partial charge in [-0.05, 0) is 48.3 Å². The van der Waals surface area contributed by atoms with Gasteiger partial charge in [-0.3, -0.25) is 8.77 Å². The van der Waals surface area contributed by atoms with E-state index in [-0.39, 0.29) is 5.91 Å². The predicted octanol–water partition coefficient (Wildman–Crippen LogP) is 4.30. The van der Waals surface area contributed by atoms with Crippen molar-refractivity contribution in [2.24, 2.45) is 0 Å². The number of nitrogens with one attached hydrogen (secondary N) is 1. The maximum atomic E-state index is 12.4. The molecule has 1 aromatic heterocycles. The molecule has 0 aliphatic carbocycles. The van der Waals surface area contributed by atoms with Crippen LogP contribution in [0.3, 0.4) is 0 Å². The fraction of sp³-hybridized carbons (Fsp3) is 0. The summed E-state index contributed by atoms with van der Waals surface area (Å²) in [5, 5.41) is 2.92. The molecule has 3 nitrogen and oxygen atoms in total. The van der Waals surface area contributed by atoms with Gasteiger partial charge < -0.3 is 5.32 Å². The second-order valence-corrected chi connectivity index (χ2v) is 5.49. The summed E-state index contributed by atoms with van der Waals surface area (Å²) < 4.78 is 1.97. The molecule has 1 heterocycles. The number of hydrogen-bond acceptors (Lipinski definition) is 2. The molecule has 1 amide bonds. The molecule has 0 spiro atoms. The summed E-state index contributed by atoms with van der Waals surface area (Å²) in [7, 11) is 0. The lowest BCUT2D eigenvalue weighted by Gasteiger charge is -2.10. The van der Waals surface area contributed by atoms with Crippen LogP contribution >= 0.6 is 11.9 Å². The Morgan fingerprint density at radius 3 is 2.29 bits per heavy atom. The molecule has 0 fully saturated rings. The minimum absolute atomic E-state index is 0.101. The van der Waals surface area contributed by atoms with Gasteiger partial charge in [0, 0.05) is 23.0 Å². The minimum atomic E-state index is -0.101. The molecule has 104 valence electrons.